The van der Waals surface area contributed by atoms with E-state index in [9.17, 15) is 4.79 Å². The number of nitrogens with zero attached hydrogens (tertiary/aromatic N) is 2. The molecule has 0 saturated carbocycles. The van der Waals surface area contributed by atoms with Crippen molar-refractivity contribution >= 4 is 17.0 Å². The van der Waals surface area contributed by atoms with Crippen molar-refractivity contribution in [3.05, 3.63) is 36.0 Å². The molecule has 6 nitrogen and oxygen atoms in total. The van der Waals surface area contributed by atoms with E-state index in [0.29, 0.717) is 16.9 Å². The normalized spacial score (nSPS) is 10.7. The van der Waals surface area contributed by atoms with Crippen molar-refractivity contribution in [1.82, 2.24) is 20.2 Å². The lowest BCUT2D eigenvalue weighted by Gasteiger charge is -1.98. The molecule has 0 spiro atoms. The number of para-hydroxylation sites is 1. The van der Waals surface area contributed by atoms with E-state index in [1.54, 1.807) is 24.4 Å². The first-order valence-electron chi connectivity index (χ1n) is 5.36. The number of aromatic amines is 2. The smallest absolute Gasteiger partial charge is 0.340 e. The summed E-state index contributed by atoms with van der Waals surface area (Å²) in [7, 11) is 1.35. The number of aromatic nitrogens is 4. The Morgan fingerprint density at radius 2 is 2.22 bits per heavy atom. The standard InChI is InChI=1S/C12H10N4O2/c1-18-12(17)7-3-2-4-8-10(7)15-11(14-8)9-5-6-13-16-9/h2-6H,1H3,(H,13,16)(H,14,15). The molecule has 0 aliphatic rings. The van der Waals surface area contributed by atoms with Gasteiger partial charge in [0.1, 0.15) is 11.2 Å². The molecule has 1 aromatic carbocycles. The van der Waals surface area contributed by atoms with Crippen molar-refractivity contribution in [1.29, 1.82) is 0 Å². The first-order valence-corrected chi connectivity index (χ1v) is 5.36. The molecule has 0 amide bonds. The highest BCUT2D eigenvalue weighted by molar-refractivity contribution is 6.02. The van der Waals surface area contributed by atoms with Crippen LogP contribution in [0.25, 0.3) is 22.6 Å². The van der Waals surface area contributed by atoms with E-state index in [1.807, 2.05) is 6.07 Å². The number of ether oxygens (including phenoxy) is 1. The summed E-state index contributed by atoms with van der Waals surface area (Å²) in [6, 6.07) is 7.12. The first-order chi connectivity index (χ1) is 8.79. The van der Waals surface area contributed by atoms with Crippen LogP contribution in [0.3, 0.4) is 0 Å². The van der Waals surface area contributed by atoms with Crippen LogP contribution in [0.2, 0.25) is 0 Å². The lowest BCUT2D eigenvalue weighted by atomic mass is 10.2. The third-order valence-corrected chi connectivity index (χ3v) is 2.67. The van der Waals surface area contributed by atoms with Gasteiger partial charge in [-0.15, -0.1) is 0 Å². The van der Waals surface area contributed by atoms with E-state index in [-0.39, 0.29) is 0 Å². The Morgan fingerprint density at radius 1 is 1.33 bits per heavy atom. The van der Waals surface area contributed by atoms with Gasteiger partial charge in [-0.25, -0.2) is 9.78 Å². The van der Waals surface area contributed by atoms with Crippen LogP contribution in [0.5, 0.6) is 0 Å². The fourth-order valence-corrected chi connectivity index (χ4v) is 1.82. The van der Waals surface area contributed by atoms with Gasteiger partial charge in [0, 0.05) is 6.20 Å². The number of carbonyl (C=O) groups excluding carboxylic acids is 1. The number of methoxy groups -OCH3 is 1. The molecule has 2 aromatic heterocycles. The zero-order chi connectivity index (χ0) is 12.5. The minimum absolute atomic E-state index is 0.400. The Kier molecular flexibility index (Phi) is 2.33. The van der Waals surface area contributed by atoms with E-state index in [0.717, 1.165) is 11.2 Å². The minimum atomic E-state index is -0.400. The maximum Gasteiger partial charge on any atom is 0.340 e. The van der Waals surface area contributed by atoms with E-state index in [1.165, 1.54) is 7.11 Å². The molecule has 0 unspecified atom stereocenters. The van der Waals surface area contributed by atoms with Gasteiger partial charge in [0.2, 0.25) is 0 Å². The molecule has 0 fully saturated rings. The van der Waals surface area contributed by atoms with Crippen LogP contribution in [0, 0.1) is 0 Å². The van der Waals surface area contributed by atoms with Gasteiger partial charge in [-0.2, -0.15) is 5.10 Å². The summed E-state index contributed by atoms with van der Waals surface area (Å²) in [5.41, 5.74) is 2.58. The van der Waals surface area contributed by atoms with Crippen molar-refractivity contribution in [2.75, 3.05) is 7.11 Å². The molecule has 3 aromatic rings. The molecule has 0 aliphatic heterocycles. The monoisotopic (exact) mass is 242 g/mol. The summed E-state index contributed by atoms with van der Waals surface area (Å²) in [5, 5.41) is 6.68. The molecule has 6 heteroatoms. The number of rotatable bonds is 2. The van der Waals surface area contributed by atoms with Gasteiger partial charge in [0.15, 0.2) is 5.82 Å². The molecule has 0 radical (unpaired) electrons. The Balaban J connectivity index is 2.20. The molecule has 0 aliphatic carbocycles. The molecule has 2 N–H and O–H groups in total. The number of hydrogen-bond donors (Lipinski definition) is 2. The average molecular weight is 242 g/mol. The van der Waals surface area contributed by atoms with Crippen LogP contribution in [0.1, 0.15) is 10.4 Å². The van der Waals surface area contributed by atoms with Crippen LogP contribution in [-0.2, 0) is 4.74 Å². The van der Waals surface area contributed by atoms with Crippen molar-refractivity contribution in [3.63, 3.8) is 0 Å². The summed E-state index contributed by atoms with van der Waals surface area (Å²) in [4.78, 5) is 19.2. The molecule has 3 rings (SSSR count). The van der Waals surface area contributed by atoms with Gasteiger partial charge in [-0.05, 0) is 18.2 Å². The Hall–Kier alpha value is -2.63. The second-order valence-corrected chi connectivity index (χ2v) is 3.75. The van der Waals surface area contributed by atoms with E-state index in [4.69, 9.17) is 4.74 Å². The summed E-state index contributed by atoms with van der Waals surface area (Å²) in [5.74, 6) is 0.238. The maximum absolute atomic E-state index is 11.6. The van der Waals surface area contributed by atoms with Crippen LogP contribution < -0.4 is 0 Å². The maximum atomic E-state index is 11.6. The number of imidazole rings is 1. The van der Waals surface area contributed by atoms with Crippen molar-refractivity contribution in [2.45, 2.75) is 0 Å². The SMILES string of the molecule is COC(=O)c1cccc2[nH]c(-c3ccn[nH]3)nc12. The van der Waals surface area contributed by atoms with E-state index >= 15 is 0 Å². The largest absolute Gasteiger partial charge is 0.465 e. The lowest BCUT2D eigenvalue weighted by molar-refractivity contribution is 0.0603. The zero-order valence-electron chi connectivity index (χ0n) is 9.60. The molecule has 0 atom stereocenters. The first kappa shape index (κ1) is 10.5. The van der Waals surface area contributed by atoms with Crippen molar-refractivity contribution < 1.29 is 9.53 Å². The lowest BCUT2D eigenvalue weighted by Crippen LogP contribution is -2.01. The third-order valence-electron chi connectivity index (χ3n) is 2.67. The Bertz CT molecular complexity index is 700. The number of carbonyl (C=O) groups is 1. The molecular formula is C12H10N4O2. The molecule has 90 valence electrons. The topological polar surface area (TPSA) is 83.7 Å². The Morgan fingerprint density at radius 3 is 2.94 bits per heavy atom. The van der Waals surface area contributed by atoms with E-state index in [2.05, 4.69) is 20.2 Å². The average Bonchev–Trinajstić information content (AvgIpc) is 3.04. The van der Waals surface area contributed by atoms with Gasteiger partial charge in [0.05, 0.1) is 18.2 Å². The molecule has 0 bridgehead atoms. The van der Waals surface area contributed by atoms with Crippen LogP contribution in [0.15, 0.2) is 30.5 Å². The van der Waals surface area contributed by atoms with E-state index < -0.39 is 5.97 Å². The highest BCUT2D eigenvalue weighted by Gasteiger charge is 2.14. The van der Waals surface area contributed by atoms with Gasteiger partial charge >= 0.3 is 5.97 Å². The van der Waals surface area contributed by atoms with Gasteiger partial charge in [-0.1, -0.05) is 6.07 Å². The van der Waals surface area contributed by atoms with Gasteiger partial charge in [0.25, 0.3) is 0 Å². The fraction of sp³-hybridized carbons (Fsp3) is 0.0833. The number of esters is 1. The molecule has 0 saturated heterocycles. The third kappa shape index (κ3) is 1.55. The highest BCUT2D eigenvalue weighted by atomic mass is 16.5. The number of benzene rings is 1. The molecular weight excluding hydrogens is 232 g/mol. The minimum Gasteiger partial charge on any atom is -0.465 e. The number of H-pyrrole nitrogens is 2. The summed E-state index contributed by atoms with van der Waals surface area (Å²) >= 11 is 0. The molecule has 18 heavy (non-hydrogen) atoms. The number of nitrogens with one attached hydrogen (secondary N) is 2. The van der Waals surface area contributed by atoms with Crippen LogP contribution in [0.4, 0.5) is 0 Å². The number of fused-ring (bicyclic) bond motifs is 1. The summed E-state index contributed by atoms with van der Waals surface area (Å²) < 4.78 is 4.73. The number of hydrogen-bond acceptors (Lipinski definition) is 4. The highest BCUT2D eigenvalue weighted by Crippen LogP contribution is 2.21. The van der Waals surface area contributed by atoms with Gasteiger partial charge in [-0.3, -0.25) is 5.10 Å². The fourth-order valence-electron chi connectivity index (χ4n) is 1.82. The predicted octanol–water partition coefficient (Wildman–Crippen LogP) is 1.74. The second-order valence-electron chi connectivity index (χ2n) is 3.75. The van der Waals surface area contributed by atoms with Crippen LogP contribution in [-0.4, -0.2) is 33.2 Å². The molecule has 2 heterocycles. The van der Waals surface area contributed by atoms with Crippen molar-refractivity contribution in [3.8, 4) is 11.5 Å². The zero-order valence-corrected chi connectivity index (χ0v) is 9.60. The predicted molar refractivity (Wildman–Crippen MR) is 65.0 cm³/mol. The quantitative estimate of drug-likeness (QED) is 0.670. The summed E-state index contributed by atoms with van der Waals surface area (Å²) in [6.07, 6.45) is 1.64. The van der Waals surface area contributed by atoms with Crippen molar-refractivity contribution in [2.24, 2.45) is 0 Å². The van der Waals surface area contributed by atoms with Crippen LogP contribution >= 0.6 is 0 Å². The van der Waals surface area contributed by atoms with Gasteiger partial charge < -0.3 is 9.72 Å². The summed E-state index contributed by atoms with van der Waals surface area (Å²) in [6.45, 7) is 0. The second kappa shape index (κ2) is 3.99. The Labute approximate surface area is 102 Å².